The first-order chi connectivity index (χ1) is 11.3. The zero-order valence-electron chi connectivity index (χ0n) is 12.9. The van der Waals surface area contributed by atoms with E-state index >= 15 is 0 Å². The second-order valence-electron chi connectivity index (χ2n) is 5.86. The highest BCUT2D eigenvalue weighted by Crippen LogP contribution is 2.39. The molecule has 126 valence electrons. The molecule has 1 aromatic heterocycles. The standard InChI is InChI=1S/C15H14F2N4O3/c1-7(2)20-14-9(6-18-20)12(13(21(23)24)15(22)19-14)8-3-4-10(16)11(17)5-8/h3-7,12-13H,1-2H3,(H,19,22)/t12-,13-/m0/s1. The average Bonchev–Trinajstić information content (AvgIpc) is 2.91. The van der Waals surface area contributed by atoms with Crippen molar-refractivity contribution in [1.82, 2.24) is 9.78 Å². The number of hydrogen-bond donors (Lipinski definition) is 1. The topological polar surface area (TPSA) is 90.1 Å². The lowest BCUT2D eigenvalue weighted by atomic mass is 9.83. The lowest BCUT2D eigenvalue weighted by Gasteiger charge is -2.27. The number of benzene rings is 1. The van der Waals surface area contributed by atoms with E-state index in [0.29, 0.717) is 11.4 Å². The second kappa shape index (κ2) is 5.66. The molecule has 2 aromatic rings. The summed E-state index contributed by atoms with van der Waals surface area (Å²) >= 11 is 0. The summed E-state index contributed by atoms with van der Waals surface area (Å²) in [5, 5.41) is 18.1. The number of carbonyl (C=O) groups is 1. The van der Waals surface area contributed by atoms with E-state index in [2.05, 4.69) is 10.4 Å². The Labute approximate surface area is 135 Å². The van der Waals surface area contributed by atoms with Gasteiger partial charge in [0.2, 0.25) is 0 Å². The third-order valence-electron chi connectivity index (χ3n) is 4.00. The fourth-order valence-corrected chi connectivity index (χ4v) is 2.92. The van der Waals surface area contributed by atoms with Crippen LogP contribution in [0.15, 0.2) is 24.4 Å². The summed E-state index contributed by atoms with van der Waals surface area (Å²) in [5.41, 5.74) is 0.547. The largest absolute Gasteiger partial charge is 0.305 e. The number of nitrogens with one attached hydrogen (secondary N) is 1. The van der Waals surface area contributed by atoms with Crippen molar-refractivity contribution in [3.8, 4) is 0 Å². The molecule has 0 saturated carbocycles. The first-order valence-corrected chi connectivity index (χ1v) is 7.28. The Morgan fingerprint density at radius 3 is 2.62 bits per heavy atom. The minimum Gasteiger partial charge on any atom is -0.305 e. The predicted octanol–water partition coefficient (Wildman–Crippen LogP) is 2.47. The van der Waals surface area contributed by atoms with Crippen LogP contribution in [-0.4, -0.2) is 26.7 Å². The lowest BCUT2D eigenvalue weighted by Crippen LogP contribution is -2.44. The molecule has 0 saturated heterocycles. The fourth-order valence-electron chi connectivity index (χ4n) is 2.92. The molecule has 0 radical (unpaired) electrons. The van der Waals surface area contributed by atoms with Gasteiger partial charge in [-0.05, 0) is 31.5 Å². The van der Waals surface area contributed by atoms with Gasteiger partial charge in [0.1, 0.15) is 5.82 Å². The number of hydrogen-bond acceptors (Lipinski definition) is 4. The van der Waals surface area contributed by atoms with Gasteiger partial charge in [-0.2, -0.15) is 5.10 Å². The van der Waals surface area contributed by atoms with Crippen LogP contribution < -0.4 is 5.32 Å². The van der Waals surface area contributed by atoms with Crippen LogP contribution in [-0.2, 0) is 4.79 Å². The number of nitro groups is 1. The fraction of sp³-hybridized carbons (Fsp3) is 0.333. The number of halogens is 2. The van der Waals surface area contributed by atoms with Gasteiger partial charge >= 0.3 is 11.9 Å². The van der Waals surface area contributed by atoms with Crippen LogP contribution in [0.3, 0.4) is 0 Å². The highest BCUT2D eigenvalue weighted by molar-refractivity contribution is 5.97. The van der Waals surface area contributed by atoms with E-state index in [-0.39, 0.29) is 11.6 Å². The smallest absolute Gasteiger partial charge is 0.301 e. The van der Waals surface area contributed by atoms with Crippen LogP contribution in [0, 0.1) is 21.7 Å². The third kappa shape index (κ3) is 2.41. The van der Waals surface area contributed by atoms with E-state index < -0.39 is 34.4 Å². The summed E-state index contributed by atoms with van der Waals surface area (Å²) in [6.07, 6.45) is 1.41. The third-order valence-corrected chi connectivity index (χ3v) is 4.00. The number of anilines is 1. The van der Waals surface area contributed by atoms with E-state index in [1.165, 1.54) is 16.9 Å². The number of nitrogens with zero attached hydrogens (tertiary/aromatic N) is 3. The van der Waals surface area contributed by atoms with E-state index in [4.69, 9.17) is 0 Å². The van der Waals surface area contributed by atoms with Crippen LogP contribution >= 0.6 is 0 Å². The van der Waals surface area contributed by atoms with Crippen molar-refractivity contribution < 1.29 is 18.5 Å². The molecular weight excluding hydrogens is 322 g/mol. The van der Waals surface area contributed by atoms with Gasteiger partial charge in [0, 0.05) is 16.5 Å². The first-order valence-electron chi connectivity index (χ1n) is 7.28. The SMILES string of the molecule is CC(C)n1ncc2c1NC(=O)[C@@H]([N+](=O)[O-])[C@H]2c1ccc(F)c(F)c1. The molecular formula is C15H14F2N4O3. The Hall–Kier alpha value is -2.84. The number of rotatable bonds is 3. The van der Waals surface area contributed by atoms with Crippen LogP contribution in [0.5, 0.6) is 0 Å². The van der Waals surface area contributed by atoms with Crippen LogP contribution in [0.1, 0.15) is 36.9 Å². The Kier molecular flexibility index (Phi) is 3.78. The van der Waals surface area contributed by atoms with Crippen molar-refractivity contribution >= 4 is 11.7 Å². The van der Waals surface area contributed by atoms with E-state index in [1.807, 2.05) is 13.8 Å². The van der Waals surface area contributed by atoms with Gasteiger partial charge in [-0.15, -0.1) is 0 Å². The number of carbonyl (C=O) groups excluding carboxylic acids is 1. The zero-order chi connectivity index (χ0) is 17.6. The normalized spacial score (nSPS) is 20.0. The molecule has 0 spiro atoms. The van der Waals surface area contributed by atoms with E-state index in [9.17, 15) is 23.7 Å². The highest BCUT2D eigenvalue weighted by Gasteiger charge is 2.47. The summed E-state index contributed by atoms with van der Waals surface area (Å²) in [4.78, 5) is 22.9. The van der Waals surface area contributed by atoms with E-state index in [0.717, 1.165) is 12.1 Å². The van der Waals surface area contributed by atoms with Crippen molar-refractivity contribution in [2.45, 2.75) is 31.8 Å². The Morgan fingerprint density at radius 1 is 1.33 bits per heavy atom. The Morgan fingerprint density at radius 2 is 2.04 bits per heavy atom. The van der Waals surface area contributed by atoms with Gasteiger partial charge in [-0.1, -0.05) is 6.07 Å². The summed E-state index contributed by atoms with van der Waals surface area (Å²) in [7, 11) is 0. The highest BCUT2D eigenvalue weighted by atomic mass is 19.2. The van der Waals surface area contributed by atoms with Crippen LogP contribution in [0.25, 0.3) is 0 Å². The van der Waals surface area contributed by atoms with Gasteiger partial charge < -0.3 is 5.32 Å². The summed E-state index contributed by atoms with van der Waals surface area (Å²) in [6, 6.07) is 1.28. The maximum absolute atomic E-state index is 13.6. The van der Waals surface area contributed by atoms with Crippen molar-refractivity contribution in [2.24, 2.45) is 0 Å². The quantitative estimate of drug-likeness (QED) is 0.689. The molecule has 9 heteroatoms. The van der Waals surface area contributed by atoms with Crippen molar-refractivity contribution in [3.05, 3.63) is 57.3 Å². The molecule has 2 atom stereocenters. The molecule has 0 unspecified atom stereocenters. The second-order valence-corrected chi connectivity index (χ2v) is 5.86. The van der Waals surface area contributed by atoms with Gasteiger partial charge in [0.25, 0.3) is 0 Å². The van der Waals surface area contributed by atoms with Gasteiger partial charge in [0.15, 0.2) is 11.6 Å². The molecule has 2 heterocycles. The number of aromatic nitrogens is 2. The lowest BCUT2D eigenvalue weighted by molar-refractivity contribution is -0.509. The maximum atomic E-state index is 13.6. The molecule has 0 fully saturated rings. The summed E-state index contributed by atoms with van der Waals surface area (Å²) in [5.74, 6) is -3.72. The molecule has 1 aliphatic heterocycles. The zero-order valence-corrected chi connectivity index (χ0v) is 12.9. The minimum atomic E-state index is -1.65. The Balaban J connectivity index is 2.21. The Bertz CT molecular complexity index is 834. The number of amides is 1. The molecule has 1 amide bonds. The molecule has 24 heavy (non-hydrogen) atoms. The van der Waals surface area contributed by atoms with Gasteiger partial charge in [-0.25, -0.2) is 13.5 Å². The molecule has 3 rings (SSSR count). The summed E-state index contributed by atoms with van der Waals surface area (Å²) in [6.45, 7) is 3.68. The maximum Gasteiger partial charge on any atom is 0.301 e. The molecule has 0 bridgehead atoms. The monoisotopic (exact) mass is 336 g/mol. The molecule has 1 N–H and O–H groups in total. The van der Waals surface area contributed by atoms with E-state index in [1.54, 1.807) is 0 Å². The van der Waals surface area contributed by atoms with Crippen molar-refractivity contribution in [1.29, 1.82) is 0 Å². The minimum absolute atomic E-state index is 0.0909. The van der Waals surface area contributed by atoms with Crippen LogP contribution in [0.4, 0.5) is 14.6 Å². The average molecular weight is 336 g/mol. The first kappa shape index (κ1) is 16.0. The summed E-state index contributed by atoms with van der Waals surface area (Å²) < 4.78 is 28.3. The van der Waals surface area contributed by atoms with Crippen molar-refractivity contribution in [2.75, 3.05) is 5.32 Å². The number of fused-ring (bicyclic) bond motifs is 1. The van der Waals surface area contributed by atoms with Gasteiger partial charge in [-0.3, -0.25) is 14.9 Å². The molecule has 1 aromatic carbocycles. The van der Waals surface area contributed by atoms with Crippen molar-refractivity contribution in [3.63, 3.8) is 0 Å². The van der Waals surface area contributed by atoms with Crippen LogP contribution in [0.2, 0.25) is 0 Å². The molecule has 0 aliphatic carbocycles. The molecule has 7 nitrogen and oxygen atoms in total. The predicted molar refractivity (Wildman–Crippen MR) is 80.2 cm³/mol. The molecule has 1 aliphatic rings. The van der Waals surface area contributed by atoms with Gasteiger partial charge in [0.05, 0.1) is 12.1 Å².